The fraction of sp³-hybridized carbons (Fsp3) is 0.333. The third-order valence-corrected chi connectivity index (χ3v) is 2.26. The van der Waals surface area contributed by atoms with E-state index in [9.17, 15) is 4.39 Å². The Hall–Kier alpha value is -1.09. The number of nitrogens with one attached hydrogen (secondary N) is 1. The summed E-state index contributed by atoms with van der Waals surface area (Å²) in [5.41, 5.74) is 6.83. The highest BCUT2D eigenvalue weighted by atomic mass is 19.1. The summed E-state index contributed by atoms with van der Waals surface area (Å²) in [7, 11) is 0. The van der Waals surface area contributed by atoms with Crippen molar-refractivity contribution in [2.45, 2.75) is 12.5 Å². The van der Waals surface area contributed by atoms with Gasteiger partial charge in [0.25, 0.3) is 0 Å². The van der Waals surface area contributed by atoms with Gasteiger partial charge in [0.1, 0.15) is 5.82 Å². The highest BCUT2D eigenvalue weighted by molar-refractivity contribution is 5.49. The fourth-order valence-corrected chi connectivity index (χ4v) is 1.46. The summed E-state index contributed by atoms with van der Waals surface area (Å²) in [4.78, 5) is 0. The minimum atomic E-state index is -0.202. The minimum absolute atomic E-state index is 0.131. The zero-order chi connectivity index (χ0) is 8.55. The van der Waals surface area contributed by atoms with Crippen LogP contribution in [0.15, 0.2) is 18.2 Å². The molecule has 1 saturated heterocycles. The zero-order valence-corrected chi connectivity index (χ0v) is 6.68. The number of rotatable bonds is 1. The second-order valence-electron chi connectivity index (χ2n) is 3.04. The molecular formula is C9H11FN2. The van der Waals surface area contributed by atoms with Crippen molar-refractivity contribution in [3.63, 3.8) is 0 Å². The molecule has 3 N–H and O–H groups in total. The molecule has 3 heteroatoms. The first-order valence-electron chi connectivity index (χ1n) is 4.06. The largest absolute Gasteiger partial charge is 0.398 e. The Labute approximate surface area is 70.6 Å². The monoisotopic (exact) mass is 166 g/mol. The first-order valence-corrected chi connectivity index (χ1v) is 4.06. The molecule has 12 heavy (non-hydrogen) atoms. The lowest BCUT2D eigenvalue weighted by Gasteiger charge is -2.29. The molecular weight excluding hydrogens is 155 g/mol. The second kappa shape index (κ2) is 2.75. The van der Waals surface area contributed by atoms with Crippen molar-refractivity contribution in [3.05, 3.63) is 29.6 Å². The van der Waals surface area contributed by atoms with E-state index in [0.717, 1.165) is 13.0 Å². The van der Waals surface area contributed by atoms with Crippen LogP contribution in [0.5, 0.6) is 0 Å². The minimum Gasteiger partial charge on any atom is -0.398 e. The van der Waals surface area contributed by atoms with Crippen LogP contribution < -0.4 is 11.1 Å². The molecule has 1 fully saturated rings. The molecule has 1 aliphatic rings. The molecule has 0 radical (unpaired) electrons. The van der Waals surface area contributed by atoms with Gasteiger partial charge in [-0.1, -0.05) is 6.07 Å². The van der Waals surface area contributed by atoms with Gasteiger partial charge in [0, 0.05) is 17.3 Å². The van der Waals surface area contributed by atoms with Crippen LogP contribution in [0.4, 0.5) is 10.1 Å². The van der Waals surface area contributed by atoms with Crippen LogP contribution in [0.3, 0.4) is 0 Å². The van der Waals surface area contributed by atoms with Crippen LogP contribution in [0.25, 0.3) is 0 Å². The molecule has 1 heterocycles. The van der Waals surface area contributed by atoms with E-state index in [-0.39, 0.29) is 11.9 Å². The van der Waals surface area contributed by atoms with Gasteiger partial charge in [-0.3, -0.25) is 0 Å². The SMILES string of the molecule is Nc1cccc(F)c1C1CCN1. The standard InChI is InChI=1S/C9H11FN2/c10-6-2-1-3-7(11)9(6)8-4-5-12-8/h1-3,8,12H,4-5,11H2. The first-order chi connectivity index (χ1) is 5.79. The van der Waals surface area contributed by atoms with Gasteiger partial charge in [0.05, 0.1) is 0 Å². The Bertz CT molecular complexity index is 274. The Morgan fingerprint density at radius 2 is 2.25 bits per heavy atom. The average Bonchev–Trinajstić information content (AvgIpc) is 1.93. The van der Waals surface area contributed by atoms with E-state index in [1.54, 1.807) is 12.1 Å². The summed E-state index contributed by atoms with van der Waals surface area (Å²) < 4.78 is 13.2. The predicted octanol–water partition coefficient (Wildman–Crippen LogP) is 1.44. The predicted molar refractivity (Wildman–Crippen MR) is 46.2 cm³/mol. The molecule has 64 valence electrons. The molecule has 2 nitrogen and oxygen atoms in total. The van der Waals surface area contributed by atoms with Crippen LogP contribution in [0.1, 0.15) is 18.0 Å². The van der Waals surface area contributed by atoms with E-state index < -0.39 is 0 Å². The Morgan fingerprint density at radius 1 is 1.50 bits per heavy atom. The molecule has 1 aromatic rings. The smallest absolute Gasteiger partial charge is 0.130 e. The van der Waals surface area contributed by atoms with Crippen molar-refractivity contribution in [3.8, 4) is 0 Å². The van der Waals surface area contributed by atoms with E-state index in [4.69, 9.17) is 5.73 Å². The van der Waals surface area contributed by atoms with Gasteiger partial charge in [-0.25, -0.2) is 4.39 Å². The number of hydrogen-bond donors (Lipinski definition) is 2. The highest BCUT2D eigenvalue weighted by Crippen LogP contribution is 2.29. The third kappa shape index (κ3) is 1.06. The lowest BCUT2D eigenvalue weighted by atomic mass is 9.96. The van der Waals surface area contributed by atoms with E-state index in [1.165, 1.54) is 6.07 Å². The second-order valence-corrected chi connectivity index (χ2v) is 3.04. The lowest BCUT2D eigenvalue weighted by Crippen LogP contribution is -2.36. The average molecular weight is 166 g/mol. The molecule has 0 saturated carbocycles. The summed E-state index contributed by atoms with van der Waals surface area (Å²) in [5.74, 6) is -0.202. The van der Waals surface area contributed by atoms with Crippen LogP contribution in [0, 0.1) is 5.82 Å². The number of nitrogens with two attached hydrogens (primary N) is 1. The number of anilines is 1. The normalized spacial score (nSPS) is 21.9. The molecule has 0 spiro atoms. The van der Waals surface area contributed by atoms with Crippen LogP contribution in [-0.2, 0) is 0 Å². The quantitative estimate of drug-likeness (QED) is 0.619. The fourth-order valence-electron chi connectivity index (χ4n) is 1.46. The van der Waals surface area contributed by atoms with Gasteiger partial charge in [0.2, 0.25) is 0 Å². The molecule has 0 aliphatic carbocycles. The summed E-state index contributed by atoms with van der Waals surface area (Å²) >= 11 is 0. The van der Waals surface area contributed by atoms with Gasteiger partial charge in [0.15, 0.2) is 0 Å². The Morgan fingerprint density at radius 3 is 2.75 bits per heavy atom. The van der Waals surface area contributed by atoms with E-state index in [0.29, 0.717) is 11.3 Å². The molecule has 1 aromatic carbocycles. The van der Waals surface area contributed by atoms with Crippen molar-refractivity contribution in [2.24, 2.45) is 0 Å². The first kappa shape index (κ1) is 7.55. The van der Waals surface area contributed by atoms with E-state index >= 15 is 0 Å². The third-order valence-electron chi connectivity index (χ3n) is 2.26. The molecule has 1 unspecified atom stereocenters. The van der Waals surface area contributed by atoms with Crippen molar-refractivity contribution in [1.29, 1.82) is 0 Å². The van der Waals surface area contributed by atoms with E-state index in [1.807, 2.05) is 0 Å². The van der Waals surface area contributed by atoms with Gasteiger partial charge in [-0.2, -0.15) is 0 Å². The van der Waals surface area contributed by atoms with Crippen molar-refractivity contribution in [2.75, 3.05) is 12.3 Å². The van der Waals surface area contributed by atoms with Gasteiger partial charge in [-0.15, -0.1) is 0 Å². The maximum absolute atomic E-state index is 13.2. The maximum atomic E-state index is 13.2. The van der Waals surface area contributed by atoms with Crippen LogP contribution >= 0.6 is 0 Å². The Kier molecular flexibility index (Phi) is 1.73. The number of halogens is 1. The molecule has 1 aliphatic heterocycles. The number of hydrogen-bond acceptors (Lipinski definition) is 2. The molecule has 0 aromatic heterocycles. The molecule has 1 atom stereocenters. The summed E-state index contributed by atoms with van der Waals surface area (Å²) in [6, 6.07) is 4.95. The van der Waals surface area contributed by atoms with Gasteiger partial charge < -0.3 is 11.1 Å². The van der Waals surface area contributed by atoms with Crippen molar-refractivity contribution < 1.29 is 4.39 Å². The lowest BCUT2D eigenvalue weighted by molar-refractivity contribution is 0.371. The summed E-state index contributed by atoms with van der Waals surface area (Å²) in [6.07, 6.45) is 0.977. The highest BCUT2D eigenvalue weighted by Gasteiger charge is 2.23. The van der Waals surface area contributed by atoms with E-state index in [2.05, 4.69) is 5.32 Å². The molecule has 0 bridgehead atoms. The zero-order valence-electron chi connectivity index (χ0n) is 6.68. The van der Waals surface area contributed by atoms with Crippen molar-refractivity contribution >= 4 is 5.69 Å². The van der Waals surface area contributed by atoms with Crippen LogP contribution in [-0.4, -0.2) is 6.54 Å². The summed E-state index contributed by atoms with van der Waals surface area (Å²) in [5, 5.41) is 3.12. The van der Waals surface area contributed by atoms with Crippen LogP contribution in [0.2, 0.25) is 0 Å². The number of nitrogen functional groups attached to an aromatic ring is 1. The van der Waals surface area contributed by atoms with Gasteiger partial charge >= 0.3 is 0 Å². The topological polar surface area (TPSA) is 38.0 Å². The van der Waals surface area contributed by atoms with Gasteiger partial charge in [-0.05, 0) is 25.1 Å². The Balaban J connectivity index is 2.39. The molecule has 0 amide bonds. The molecule has 2 rings (SSSR count). The maximum Gasteiger partial charge on any atom is 0.130 e. The van der Waals surface area contributed by atoms with Crippen molar-refractivity contribution in [1.82, 2.24) is 5.32 Å². The number of benzene rings is 1. The summed E-state index contributed by atoms with van der Waals surface area (Å²) in [6.45, 7) is 0.957.